The second-order valence-electron chi connectivity index (χ2n) is 3.28. The number of rotatable bonds is 3. The Balaban J connectivity index is 3.10. The standard InChI is InChI=1S/C9H12AsNO5/c1-6-5-8(11-7(2)12)3-4-9(6)10(13,14)16-15/h3-5,15H,1-2H3,(H,11,12)(H,13,14). The molecule has 0 aliphatic carbocycles. The van der Waals surface area contributed by atoms with Crippen molar-refractivity contribution in [2.45, 2.75) is 13.8 Å². The average Bonchev–Trinajstić information content (AvgIpc) is 2.16. The van der Waals surface area contributed by atoms with Gasteiger partial charge in [0.1, 0.15) is 0 Å². The summed E-state index contributed by atoms with van der Waals surface area (Å²) in [6.45, 7) is 2.95. The molecule has 0 fully saturated rings. The van der Waals surface area contributed by atoms with Gasteiger partial charge in [-0.25, -0.2) is 0 Å². The number of benzene rings is 1. The number of hydrogen-bond donors (Lipinski definition) is 3. The van der Waals surface area contributed by atoms with E-state index in [1.165, 1.54) is 25.1 Å². The Bertz CT molecular complexity index is 459. The van der Waals surface area contributed by atoms with Crippen molar-refractivity contribution in [1.82, 2.24) is 0 Å². The van der Waals surface area contributed by atoms with Crippen LogP contribution in [-0.4, -0.2) is 29.4 Å². The van der Waals surface area contributed by atoms with Gasteiger partial charge >= 0.3 is 94.8 Å². The van der Waals surface area contributed by atoms with Crippen LogP contribution in [0.4, 0.5) is 5.69 Å². The Morgan fingerprint density at radius 1 is 1.50 bits per heavy atom. The molecule has 0 aliphatic rings. The SMILES string of the molecule is CC(=O)Nc1ccc([As](=O)(O)OO)c(C)c1. The number of carbonyl (C=O) groups excluding carboxylic acids is 1. The van der Waals surface area contributed by atoms with Crippen LogP contribution in [0.1, 0.15) is 12.5 Å². The van der Waals surface area contributed by atoms with E-state index in [4.69, 9.17) is 5.26 Å². The van der Waals surface area contributed by atoms with Crippen LogP contribution in [0, 0.1) is 6.92 Å². The maximum atomic E-state index is 11.4. The van der Waals surface area contributed by atoms with Gasteiger partial charge in [0.25, 0.3) is 0 Å². The summed E-state index contributed by atoms with van der Waals surface area (Å²) in [5.41, 5.74) is 0.979. The molecule has 7 heteroatoms. The Labute approximate surface area is 95.2 Å². The predicted octanol–water partition coefficient (Wildman–Crippen LogP) is 0.0117. The summed E-state index contributed by atoms with van der Waals surface area (Å²) >= 11 is -4.82. The first-order valence-corrected chi connectivity index (χ1v) is 7.72. The van der Waals surface area contributed by atoms with E-state index in [1.807, 2.05) is 0 Å². The number of carbonyl (C=O) groups is 1. The van der Waals surface area contributed by atoms with Gasteiger partial charge in [0.2, 0.25) is 0 Å². The minimum atomic E-state index is -4.82. The normalized spacial score (nSPS) is 14.2. The summed E-state index contributed by atoms with van der Waals surface area (Å²) in [5.74, 6) is -0.233. The fraction of sp³-hybridized carbons (Fsp3) is 0.222. The number of nitrogens with one attached hydrogen (secondary N) is 1. The van der Waals surface area contributed by atoms with Crippen LogP contribution in [0.3, 0.4) is 0 Å². The molecule has 0 heterocycles. The fourth-order valence-electron chi connectivity index (χ4n) is 1.30. The molecule has 0 radical (unpaired) electrons. The van der Waals surface area contributed by atoms with E-state index in [0.717, 1.165) is 0 Å². The quantitative estimate of drug-likeness (QED) is 0.414. The van der Waals surface area contributed by atoms with Crippen molar-refractivity contribution in [3.8, 4) is 0 Å². The zero-order valence-electron chi connectivity index (χ0n) is 8.80. The number of aryl methyl sites for hydroxylation is 1. The molecule has 0 bridgehead atoms. The van der Waals surface area contributed by atoms with Crippen LogP contribution in [0.2, 0.25) is 0 Å². The molecule has 16 heavy (non-hydrogen) atoms. The molecule has 1 unspecified atom stereocenters. The van der Waals surface area contributed by atoms with E-state index in [-0.39, 0.29) is 10.3 Å². The molecule has 1 aromatic rings. The number of anilines is 1. The molecule has 1 amide bonds. The third-order valence-corrected chi connectivity index (χ3v) is 4.73. The molecule has 88 valence electrons. The van der Waals surface area contributed by atoms with Crippen LogP contribution >= 0.6 is 0 Å². The fourth-order valence-corrected chi connectivity index (χ4v) is 3.10. The first-order valence-electron chi connectivity index (χ1n) is 4.41. The summed E-state index contributed by atoms with van der Waals surface area (Å²) in [7, 11) is 0. The molecule has 1 rings (SSSR count). The number of hydrogen-bond acceptors (Lipinski definition) is 4. The maximum absolute atomic E-state index is 11.4. The molecule has 0 saturated carbocycles. The minimum absolute atomic E-state index is 0.0507. The zero-order valence-corrected chi connectivity index (χ0v) is 10.7. The van der Waals surface area contributed by atoms with Crippen molar-refractivity contribution in [2.75, 3.05) is 5.32 Å². The molecule has 0 aliphatic heterocycles. The van der Waals surface area contributed by atoms with Gasteiger partial charge in [0.15, 0.2) is 0 Å². The van der Waals surface area contributed by atoms with Gasteiger partial charge in [-0.1, -0.05) is 0 Å². The zero-order chi connectivity index (χ0) is 12.3. The van der Waals surface area contributed by atoms with Crippen molar-refractivity contribution in [3.63, 3.8) is 0 Å². The average molecular weight is 289 g/mol. The second kappa shape index (κ2) is 4.84. The summed E-state index contributed by atoms with van der Waals surface area (Å²) in [4.78, 5) is 10.8. The van der Waals surface area contributed by atoms with Crippen LogP contribution in [0.25, 0.3) is 0 Å². The number of amides is 1. The van der Waals surface area contributed by atoms with Crippen molar-refractivity contribution in [1.29, 1.82) is 0 Å². The topological polar surface area (TPSA) is 95.9 Å². The van der Waals surface area contributed by atoms with Gasteiger partial charge in [0.05, 0.1) is 0 Å². The third kappa shape index (κ3) is 2.96. The molecular formula is C9H12AsNO5. The van der Waals surface area contributed by atoms with E-state index < -0.39 is 14.2 Å². The second-order valence-corrected chi connectivity index (χ2v) is 6.82. The molecule has 0 aromatic heterocycles. The molecule has 3 N–H and O–H groups in total. The van der Waals surface area contributed by atoms with Crippen molar-refractivity contribution >= 4 is 30.1 Å². The van der Waals surface area contributed by atoms with Gasteiger partial charge in [-0.2, -0.15) is 0 Å². The van der Waals surface area contributed by atoms with Crippen LogP contribution in [-0.2, 0) is 12.4 Å². The third-order valence-electron chi connectivity index (χ3n) is 1.93. The van der Waals surface area contributed by atoms with Crippen molar-refractivity contribution in [3.05, 3.63) is 23.8 Å². The summed E-state index contributed by atoms with van der Waals surface area (Å²) in [5, 5.41) is 10.9. The molecular weight excluding hydrogens is 277 g/mol. The molecule has 0 saturated heterocycles. The van der Waals surface area contributed by atoms with Crippen LogP contribution in [0.5, 0.6) is 0 Å². The first-order chi connectivity index (χ1) is 7.36. The summed E-state index contributed by atoms with van der Waals surface area (Å²) < 4.78 is 24.4. The first kappa shape index (κ1) is 13.0. The van der Waals surface area contributed by atoms with E-state index >= 15 is 0 Å². The Morgan fingerprint density at radius 3 is 2.56 bits per heavy atom. The summed E-state index contributed by atoms with van der Waals surface area (Å²) in [6.07, 6.45) is 0. The van der Waals surface area contributed by atoms with E-state index in [9.17, 15) is 12.6 Å². The van der Waals surface area contributed by atoms with Gasteiger partial charge in [-0.05, 0) is 0 Å². The summed E-state index contributed by atoms with van der Waals surface area (Å²) in [6, 6.07) is 4.34. The van der Waals surface area contributed by atoms with E-state index in [1.54, 1.807) is 6.92 Å². The van der Waals surface area contributed by atoms with E-state index in [0.29, 0.717) is 11.3 Å². The van der Waals surface area contributed by atoms with Crippen molar-refractivity contribution in [2.24, 2.45) is 0 Å². The molecule has 1 aromatic carbocycles. The van der Waals surface area contributed by atoms with Crippen molar-refractivity contribution < 1.29 is 21.8 Å². The van der Waals surface area contributed by atoms with Gasteiger partial charge in [-0.3, -0.25) is 0 Å². The van der Waals surface area contributed by atoms with Crippen LogP contribution < -0.4 is 9.67 Å². The molecule has 1 atom stereocenters. The molecule has 0 spiro atoms. The van der Waals surface area contributed by atoms with Crippen LogP contribution in [0.15, 0.2) is 18.2 Å². The van der Waals surface area contributed by atoms with Gasteiger partial charge in [0, 0.05) is 0 Å². The Morgan fingerprint density at radius 2 is 2.12 bits per heavy atom. The monoisotopic (exact) mass is 289 g/mol. The molecule has 6 nitrogen and oxygen atoms in total. The predicted molar refractivity (Wildman–Crippen MR) is 57.5 cm³/mol. The van der Waals surface area contributed by atoms with E-state index in [2.05, 4.69) is 9.19 Å². The van der Waals surface area contributed by atoms with Gasteiger partial charge in [-0.15, -0.1) is 0 Å². The Hall–Kier alpha value is -1.07. The van der Waals surface area contributed by atoms with Gasteiger partial charge < -0.3 is 0 Å². The Kier molecular flexibility index (Phi) is 3.93.